The molecular formula is C32H30FN5O2. The fraction of sp³-hybridized carbons (Fsp3) is 0.250. The van der Waals surface area contributed by atoms with E-state index in [4.69, 9.17) is 9.98 Å². The minimum Gasteiger partial charge on any atom is -0.393 e. The van der Waals surface area contributed by atoms with Gasteiger partial charge in [0.2, 0.25) is 0 Å². The van der Waals surface area contributed by atoms with E-state index in [0.717, 1.165) is 76.2 Å². The smallest absolute Gasteiger partial charge is 0.135 e. The van der Waals surface area contributed by atoms with Gasteiger partial charge >= 0.3 is 0 Å². The van der Waals surface area contributed by atoms with Crippen molar-refractivity contribution in [3.63, 3.8) is 0 Å². The van der Waals surface area contributed by atoms with E-state index in [1.165, 1.54) is 12.1 Å². The molecule has 0 radical (unpaired) electrons. The van der Waals surface area contributed by atoms with Crippen molar-refractivity contribution in [3.8, 4) is 17.1 Å². The first-order valence-electron chi connectivity index (χ1n) is 13.6. The molecule has 8 heteroatoms. The van der Waals surface area contributed by atoms with Crippen LogP contribution >= 0.6 is 0 Å². The van der Waals surface area contributed by atoms with Gasteiger partial charge in [0.25, 0.3) is 0 Å². The first kappa shape index (κ1) is 25.8. The van der Waals surface area contributed by atoms with Crippen molar-refractivity contribution >= 4 is 28.2 Å². The number of nitrogens with zero attached hydrogens (tertiary/aromatic N) is 4. The summed E-state index contributed by atoms with van der Waals surface area (Å²) in [5, 5.41) is 14.3. The lowest BCUT2D eigenvalue weighted by molar-refractivity contribution is -0.116. The van der Waals surface area contributed by atoms with Gasteiger partial charge in [0.1, 0.15) is 11.6 Å². The molecule has 1 aromatic heterocycles. The van der Waals surface area contributed by atoms with Crippen LogP contribution in [-0.4, -0.2) is 37.6 Å². The molecule has 2 aromatic carbocycles. The van der Waals surface area contributed by atoms with Crippen molar-refractivity contribution in [3.05, 3.63) is 95.9 Å². The molecule has 40 heavy (non-hydrogen) atoms. The number of ketones is 1. The Morgan fingerprint density at radius 2 is 1.82 bits per heavy atom. The highest BCUT2D eigenvalue weighted by molar-refractivity contribution is 5.84. The van der Waals surface area contributed by atoms with Crippen LogP contribution in [0.1, 0.15) is 38.3 Å². The third kappa shape index (κ3) is 5.49. The molecule has 0 spiro atoms. The average molecular weight is 536 g/mol. The number of para-hydroxylation sites is 2. The third-order valence-electron chi connectivity index (χ3n) is 7.30. The molecule has 0 atom stereocenters. The molecule has 1 fully saturated rings. The molecule has 2 aliphatic carbocycles. The van der Waals surface area contributed by atoms with Gasteiger partial charge in [-0.3, -0.25) is 14.8 Å². The Morgan fingerprint density at radius 3 is 2.55 bits per heavy atom. The number of carbonyl (C=O) groups is 1. The van der Waals surface area contributed by atoms with E-state index in [9.17, 15) is 14.3 Å². The Hall–Kier alpha value is -4.43. The maximum absolute atomic E-state index is 13.8. The largest absolute Gasteiger partial charge is 0.393 e. The number of halogens is 1. The minimum absolute atomic E-state index is 0.0641. The number of Topliss-reactive ketones (excluding diaryl/α,β-unsaturated/α-hetero) is 1. The predicted molar refractivity (Wildman–Crippen MR) is 153 cm³/mol. The Morgan fingerprint density at radius 1 is 1.05 bits per heavy atom. The number of rotatable bonds is 6. The van der Waals surface area contributed by atoms with E-state index in [1.807, 2.05) is 48.5 Å². The zero-order valence-electron chi connectivity index (χ0n) is 22.2. The van der Waals surface area contributed by atoms with Gasteiger partial charge in [-0.05, 0) is 93.3 Å². The van der Waals surface area contributed by atoms with Crippen LogP contribution in [0.15, 0.2) is 84.0 Å². The fourth-order valence-corrected chi connectivity index (χ4v) is 5.31. The van der Waals surface area contributed by atoms with Crippen LogP contribution in [0.2, 0.25) is 0 Å². The second-order valence-corrected chi connectivity index (χ2v) is 10.4. The summed E-state index contributed by atoms with van der Waals surface area (Å²) in [5.41, 5.74) is 6.41. The van der Waals surface area contributed by atoms with E-state index < -0.39 is 0 Å². The maximum Gasteiger partial charge on any atom is 0.135 e. The van der Waals surface area contributed by atoms with Gasteiger partial charge < -0.3 is 15.0 Å². The summed E-state index contributed by atoms with van der Waals surface area (Å²) in [6, 6.07) is 22.2. The number of fused-ring (bicyclic) bond motifs is 2. The van der Waals surface area contributed by atoms with Crippen molar-refractivity contribution in [2.24, 2.45) is 4.99 Å². The minimum atomic E-state index is -0.295. The average Bonchev–Trinajstić information content (AvgIpc) is 2.95. The van der Waals surface area contributed by atoms with Gasteiger partial charge in [0.05, 0.1) is 57.5 Å². The lowest BCUT2D eigenvalue weighted by atomic mass is 9.93. The summed E-state index contributed by atoms with van der Waals surface area (Å²) < 4.78 is 15.9. The molecule has 6 rings (SSSR count). The lowest BCUT2D eigenvalue weighted by Gasteiger charge is -2.23. The number of benzene rings is 3. The normalized spacial score (nSPS) is 17.8. The second-order valence-electron chi connectivity index (χ2n) is 10.4. The van der Waals surface area contributed by atoms with Crippen LogP contribution in [0.5, 0.6) is 0 Å². The van der Waals surface area contributed by atoms with Gasteiger partial charge in [-0.2, -0.15) is 0 Å². The SMILES string of the molecule is CC(=O)Cc1ccc(Nc2cc3nc4ccccc4n(-c4ccc(F)cc4)c-3cc2=NC2CCC(O)CC2)cn1. The molecule has 2 N–H and O–H groups in total. The van der Waals surface area contributed by atoms with Gasteiger partial charge in [-0.1, -0.05) is 12.1 Å². The molecule has 1 aliphatic heterocycles. The third-order valence-corrected chi connectivity index (χ3v) is 7.30. The quantitative estimate of drug-likeness (QED) is 0.271. The highest BCUT2D eigenvalue weighted by Crippen LogP contribution is 2.31. The Labute approximate surface area is 231 Å². The zero-order valence-corrected chi connectivity index (χ0v) is 22.2. The molecule has 0 saturated heterocycles. The Kier molecular flexibility index (Phi) is 7.09. The van der Waals surface area contributed by atoms with E-state index in [-0.39, 0.29) is 23.7 Å². The number of pyridine rings is 1. The summed E-state index contributed by atoms with van der Waals surface area (Å²) in [6.07, 6.45) is 4.83. The van der Waals surface area contributed by atoms with Gasteiger partial charge in [-0.25, -0.2) is 9.37 Å². The number of aliphatic hydroxyl groups excluding tert-OH is 1. The van der Waals surface area contributed by atoms with Crippen molar-refractivity contribution < 1.29 is 14.3 Å². The van der Waals surface area contributed by atoms with Crippen LogP contribution in [0.3, 0.4) is 0 Å². The maximum atomic E-state index is 13.8. The molecule has 0 unspecified atom stereocenters. The molecule has 2 heterocycles. The van der Waals surface area contributed by atoms with Crippen LogP contribution in [0.4, 0.5) is 15.8 Å². The van der Waals surface area contributed by atoms with Gasteiger partial charge in [0.15, 0.2) is 0 Å². The van der Waals surface area contributed by atoms with Crippen molar-refractivity contribution in [1.82, 2.24) is 14.5 Å². The monoisotopic (exact) mass is 535 g/mol. The molecular weight excluding hydrogens is 505 g/mol. The van der Waals surface area contributed by atoms with E-state index in [2.05, 4.69) is 14.9 Å². The van der Waals surface area contributed by atoms with Crippen molar-refractivity contribution in [2.45, 2.75) is 51.2 Å². The lowest BCUT2D eigenvalue weighted by Crippen LogP contribution is -2.24. The summed E-state index contributed by atoms with van der Waals surface area (Å²) in [5.74, 6) is -0.231. The topological polar surface area (TPSA) is 92.4 Å². The van der Waals surface area contributed by atoms with Crippen LogP contribution in [-0.2, 0) is 11.2 Å². The second kappa shape index (κ2) is 11.0. The summed E-state index contributed by atoms with van der Waals surface area (Å²) in [6.45, 7) is 1.55. The van der Waals surface area contributed by atoms with Crippen molar-refractivity contribution in [1.29, 1.82) is 0 Å². The van der Waals surface area contributed by atoms with Crippen molar-refractivity contribution in [2.75, 3.05) is 5.32 Å². The molecule has 202 valence electrons. The number of aromatic nitrogens is 3. The Balaban J connectivity index is 1.53. The first-order chi connectivity index (χ1) is 19.4. The van der Waals surface area contributed by atoms with E-state index in [1.54, 1.807) is 25.3 Å². The first-order valence-corrected chi connectivity index (χ1v) is 13.6. The summed E-state index contributed by atoms with van der Waals surface area (Å²) in [4.78, 5) is 26.0. The number of anilines is 2. The fourth-order valence-electron chi connectivity index (χ4n) is 5.31. The van der Waals surface area contributed by atoms with E-state index >= 15 is 0 Å². The molecule has 3 aromatic rings. The molecule has 7 nitrogen and oxygen atoms in total. The predicted octanol–water partition coefficient (Wildman–Crippen LogP) is 5.74. The number of carbonyl (C=O) groups excluding carboxylic acids is 1. The highest BCUT2D eigenvalue weighted by atomic mass is 19.1. The highest BCUT2D eigenvalue weighted by Gasteiger charge is 2.21. The van der Waals surface area contributed by atoms with E-state index in [0.29, 0.717) is 6.42 Å². The summed E-state index contributed by atoms with van der Waals surface area (Å²) >= 11 is 0. The number of hydrogen-bond donors (Lipinski definition) is 2. The number of hydrogen-bond acceptors (Lipinski definition) is 6. The number of aliphatic hydroxyl groups is 1. The van der Waals surface area contributed by atoms with Crippen LogP contribution in [0, 0.1) is 5.82 Å². The van der Waals surface area contributed by atoms with Crippen LogP contribution < -0.4 is 10.7 Å². The van der Waals surface area contributed by atoms with Gasteiger partial charge in [0, 0.05) is 17.8 Å². The Bertz CT molecular complexity index is 1710. The van der Waals surface area contributed by atoms with Gasteiger partial charge in [-0.15, -0.1) is 0 Å². The number of nitrogens with one attached hydrogen (secondary N) is 1. The molecule has 0 bridgehead atoms. The molecule has 1 saturated carbocycles. The molecule has 0 amide bonds. The molecule has 3 aliphatic rings. The zero-order chi connectivity index (χ0) is 27.6. The summed E-state index contributed by atoms with van der Waals surface area (Å²) in [7, 11) is 0. The van der Waals surface area contributed by atoms with Crippen LogP contribution in [0.25, 0.3) is 28.1 Å². The standard InChI is InChI=1S/C32H30FN5O2/c1-20(39)16-23-8-9-24(19-34-23)36-28-17-30-32(18-29(28)35-22-10-14-26(40)15-11-22)38(25-12-6-21(33)7-13-25)31-5-3-2-4-27(31)37-30/h2-9,12-13,17-19,22,26,36,40H,10-11,14-16H2,1H3.